The largest absolute Gasteiger partial charge is 0.466 e. The molecule has 6 aliphatic carbocycles. The molecule has 0 N–H and O–H groups in total. The summed E-state index contributed by atoms with van der Waals surface area (Å²) in [6.45, 7) is 14.9. The fourth-order valence-corrected chi connectivity index (χ4v) is 12.0. The van der Waals surface area contributed by atoms with E-state index in [4.69, 9.17) is 9.47 Å². The average Bonchev–Trinajstić information content (AvgIpc) is 3.53. The van der Waals surface area contributed by atoms with Crippen molar-refractivity contribution in [2.45, 2.75) is 105 Å². The van der Waals surface area contributed by atoms with E-state index in [1.807, 2.05) is 14.0 Å². The van der Waals surface area contributed by atoms with E-state index < -0.39 is 0 Å². The molecule has 0 aromatic rings. The molecule has 6 rings (SSSR count). The fourth-order valence-electron chi connectivity index (χ4n) is 12.0. The predicted molar refractivity (Wildman–Crippen MR) is 135 cm³/mol. The zero-order valence-corrected chi connectivity index (χ0v) is 23.0. The fraction of sp³-hybridized carbons (Fsp3) is 0.968. The summed E-state index contributed by atoms with van der Waals surface area (Å²) in [7, 11) is 2.01. The van der Waals surface area contributed by atoms with E-state index in [0.717, 1.165) is 29.6 Å². The Balaban J connectivity index is 1.20. The van der Waals surface area contributed by atoms with Crippen molar-refractivity contribution < 1.29 is 14.3 Å². The van der Waals surface area contributed by atoms with Gasteiger partial charge in [0.1, 0.15) is 0 Å². The number of methoxy groups -OCH3 is 1. The topological polar surface area (TPSA) is 35.5 Å². The molecule has 2 unspecified atom stereocenters. The van der Waals surface area contributed by atoms with Gasteiger partial charge in [0.05, 0.1) is 18.6 Å². The van der Waals surface area contributed by atoms with Gasteiger partial charge in [-0.25, -0.2) is 0 Å². The normalized spacial score (nSPS) is 54.9. The molecule has 6 aliphatic rings. The van der Waals surface area contributed by atoms with Crippen LogP contribution in [0.3, 0.4) is 0 Å². The lowest BCUT2D eigenvalue weighted by molar-refractivity contribution is -0.161. The van der Waals surface area contributed by atoms with Crippen molar-refractivity contribution in [3.63, 3.8) is 0 Å². The Kier molecular flexibility index (Phi) is 5.24. The van der Waals surface area contributed by atoms with Crippen molar-refractivity contribution in [2.24, 2.45) is 69.0 Å². The summed E-state index contributed by atoms with van der Waals surface area (Å²) in [5.74, 6) is 5.77. The molecule has 192 valence electrons. The third kappa shape index (κ3) is 2.83. The van der Waals surface area contributed by atoms with Crippen LogP contribution in [0.25, 0.3) is 0 Å². The smallest absolute Gasteiger partial charge is 0.309 e. The Hall–Kier alpha value is -0.570. The summed E-state index contributed by atoms with van der Waals surface area (Å²) in [6.07, 6.45) is 13.1. The number of carbonyl (C=O) groups excluding carboxylic acids is 1. The van der Waals surface area contributed by atoms with Crippen molar-refractivity contribution in [3.05, 3.63) is 0 Å². The summed E-state index contributed by atoms with van der Waals surface area (Å²) in [6, 6.07) is 0. The number of fused-ring (bicyclic) bond motifs is 4. The average molecular weight is 471 g/mol. The van der Waals surface area contributed by atoms with Crippen LogP contribution in [0.2, 0.25) is 0 Å². The molecule has 0 amide bonds. The Morgan fingerprint density at radius 2 is 1.79 bits per heavy atom. The summed E-state index contributed by atoms with van der Waals surface area (Å²) in [4.78, 5) is 12.6. The number of esters is 1. The van der Waals surface area contributed by atoms with Gasteiger partial charge in [-0.15, -0.1) is 0 Å². The molecule has 3 heteroatoms. The van der Waals surface area contributed by atoms with Crippen LogP contribution in [0.15, 0.2) is 0 Å². The molecule has 12 atom stereocenters. The van der Waals surface area contributed by atoms with Gasteiger partial charge in [0.25, 0.3) is 0 Å². The van der Waals surface area contributed by atoms with Gasteiger partial charge in [0.15, 0.2) is 0 Å². The number of rotatable bonds is 6. The van der Waals surface area contributed by atoms with Crippen molar-refractivity contribution in [1.29, 1.82) is 0 Å². The third-order valence-electron chi connectivity index (χ3n) is 13.8. The summed E-state index contributed by atoms with van der Waals surface area (Å²) < 4.78 is 11.7. The van der Waals surface area contributed by atoms with Crippen LogP contribution in [-0.4, -0.2) is 25.8 Å². The summed E-state index contributed by atoms with van der Waals surface area (Å²) in [5, 5.41) is 0. The number of hydrogen-bond acceptors (Lipinski definition) is 3. The number of ether oxygens (including phenoxy) is 2. The molecule has 0 aromatic heterocycles. The monoisotopic (exact) mass is 470 g/mol. The molecule has 3 nitrogen and oxygen atoms in total. The lowest BCUT2D eigenvalue weighted by Crippen LogP contribution is -2.57. The van der Waals surface area contributed by atoms with Crippen LogP contribution in [0.5, 0.6) is 0 Å². The highest BCUT2D eigenvalue weighted by atomic mass is 16.5. The van der Waals surface area contributed by atoms with E-state index in [1.54, 1.807) is 0 Å². The summed E-state index contributed by atoms with van der Waals surface area (Å²) >= 11 is 0. The van der Waals surface area contributed by atoms with Crippen LogP contribution in [-0.2, 0) is 14.3 Å². The minimum atomic E-state index is 0.0469. The van der Waals surface area contributed by atoms with Gasteiger partial charge in [-0.3, -0.25) is 4.79 Å². The molecular formula is C31H50O3. The second-order valence-electron chi connectivity index (χ2n) is 14.8. The predicted octanol–water partition coefficient (Wildman–Crippen LogP) is 7.13. The first-order valence-electron chi connectivity index (χ1n) is 14.8. The second kappa shape index (κ2) is 7.48. The van der Waals surface area contributed by atoms with Gasteiger partial charge in [-0.2, -0.15) is 0 Å². The van der Waals surface area contributed by atoms with Crippen LogP contribution < -0.4 is 0 Å². The summed E-state index contributed by atoms with van der Waals surface area (Å²) in [5.41, 5.74) is 1.64. The lowest BCUT2D eigenvalue weighted by Gasteiger charge is -2.61. The van der Waals surface area contributed by atoms with E-state index in [2.05, 4.69) is 34.6 Å². The molecule has 0 heterocycles. The van der Waals surface area contributed by atoms with Crippen molar-refractivity contribution in [3.8, 4) is 0 Å². The first-order valence-corrected chi connectivity index (χ1v) is 14.8. The maximum Gasteiger partial charge on any atom is 0.309 e. The van der Waals surface area contributed by atoms with Gasteiger partial charge in [0, 0.05) is 12.5 Å². The quantitative estimate of drug-likeness (QED) is 0.387. The lowest BCUT2D eigenvalue weighted by atomic mass is 9.45. The van der Waals surface area contributed by atoms with E-state index in [-0.39, 0.29) is 17.3 Å². The van der Waals surface area contributed by atoms with E-state index in [1.165, 1.54) is 57.8 Å². The molecule has 1 spiro atoms. The van der Waals surface area contributed by atoms with Crippen molar-refractivity contribution in [1.82, 2.24) is 0 Å². The minimum Gasteiger partial charge on any atom is -0.466 e. The zero-order chi connectivity index (χ0) is 24.3. The van der Waals surface area contributed by atoms with Gasteiger partial charge in [0.2, 0.25) is 0 Å². The highest BCUT2D eigenvalue weighted by Crippen LogP contribution is 2.82. The molecule has 6 fully saturated rings. The van der Waals surface area contributed by atoms with Gasteiger partial charge in [-0.05, 0) is 122 Å². The second-order valence-corrected chi connectivity index (χ2v) is 14.8. The maximum absolute atomic E-state index is 12.6. The SMILES string of the molecule is CCOC(=O)C1C(C[C@@H](C)[C@H]2CC[C@H]3[C@@H]4C[C@@H](OC)[C@]56C[C@H]5CC[C@]6(C)[C@H]4CC[C@]23C)C1(C)C. The standard InChI is InChI=1S/C31H50O3/c1-8-34-27(32)26-24(28(26,3)4)15-18(2)21-9-10-22-20-16-25(33-7)31-17-19(31)11-14-30(31,6)23(20)12-13-29(21,22)5/h18-26H,8-17H2,1-7H3/t18-,19-,20+,21-,22+,23+,24?,25-,26?,29-,30-,31+/m1/s1. The Morgan fingerprint density at radius 1 is 1.03 bits per heavy atom. The van der Waals surface area contributed by atoms with Crippen LogP contribution in [0, 0.1) is 69.0 Å². The molecule has 0 aromatic carbocycles. The highest BCUT2D eigenvalue weighted by Gasteiger charge is 2.77. The van der Waals surface area contributed by atoms with Gasteiger partial charge in [-0.1, -0.05) is 34.6 Å². The molecule has 0 saturated heterocycles. The first kappa shape index (κ1) is 23.8. The van der Waals surface area contributed by atoms with Crippen LogP contribution in [0.1, 0.15) is 99.3 Å². The molecule has 0 radical (unpaired) electrons. The van der Waals surface area contributed by atoms with E-state index in [0.29, 0.717) is 40.8 Å². The molecular weight excluding hydrogens is 420 g/mol. The van der Waals surface area contributed by atoms with Gasteiger partial charge < -0.3 is 9.47 Å². The molecule has 6 saturated carbocycles. The Labute approximate surface area is 208 Å². The Morgan fingerprint density at radius 3 is 2.47 bits per heavy atom. The third-order valence-corrected chi connectivity index (χ3v) is 13.8. The number of hydrogen-bond donors (Lipinski definition) is 0. The molecule has 0 aliphatic heterocycles. The van der Waals surface area contributed by atoms with Crippen molar-refractivity contribution >= 4 is 5.97 Å². The minimum absolute atomic E-state index is 0.0469. The first-order chi connectivity index (χ1) is 16.1. The van der Waals surface area contributed by atoms with Gasteiger partial charge >= 0.3 is 5.97 Å². The maximum atomic E-state index is 12.6. The zero-order valence-electron chi connectivity index (χ0n) is 23.0. The van der Waals surface area contributed by atoms with Crippen LogP contribution >= 0.6 is 0 Å². The Bertz CT molecular complexity index is 850. The molecule has 0 bridgehead atoms. The van der Waals surface area contributed by atoms with Crippen LogP contribution in [0.4, 0.5) is 0 Å². The van der Waals surface area contributed by atoms with E-state index >= 15 is 0 Å². The van der Waals surface area contributed by atoms with E-state index in [9.17, 15) is 4.79 Å². The van der Waals surface area contributed by atoms with Crippen molar-refractivity contribution in [2.75, 3.05) is 13.7 Å². The molecule has 34 heavy (non-hydrogen) atoms. The number of carbonyl (C=O) groups is 1. The highest BCUT2D eigenvalue weighted by molar-refractivity contribution is 5.77.